The van der Waals surface area contributed by atoms with E-state index in [-0.39, 0.29) is 13.2 Å². The number of carbonyl (C=O) groups excluding carboxylic acids is 1. The summed E-state index contributed by atoms with van der Waals surface area (Å²) in [5.74, 6) is 0.0918. The maximum absolute atomic E-state index is 10.9. The second kappa shape index (κ2) is 8.98. The van der Waals surface area contributed by atoms with Crippen LogP contribution in [-0.4, -0.2) is 53.4 Å². The predicted molar refractivity (Wildman–Crippen MR) is 80.0 cm³/mol. The van der Waals surface area contributed by atoms with Crippen LogP contribution in [0.5, 0.6) is 5.75 Å². The van der Waals surface area contributed by atoms with Crippen molar-refractivity contribution in [2.75, 3.05) is 19.8 Å². The summed E-state index contributed by atoms with van der Waals surface area (Å²) in [4.78, 5) is 10.9. The summed E-state index contributed by atoms with van der Waals surface area (Å²) in [6.07, 6.45) is 0.581. The van der Waals surface area contributed by atoms with Crippen LogP contribution in [0.1, 0.15) is 16.7 Å². The van der Waals surface area contributed by atoms with Gasteiger partial charge in [-0.15, -0.1) is 0 Å². The summed E-state index contributed by atoms with van der Waals surface area (Å²) in [6.45, 7) is 3.11. The van der Waals surface area contributed by atoms with E-state index in [9.17, 15) is 9.90 Å². The Hall–Kier alpha value is -2.16. The van der Waals surface area contributed by atoms with Gasteiger partial charge in [0.15, 0.2) is 0 Å². The van der Waals surface area contributed by atoms with E-state index in [1.54, 1.807) is 5.59 Å². The van der Waals surface area contributed by atoms with Crippen molar-refractivity contribution >= 4 is 12.1 Å². The minimum atomic E-state index is -0.880. The normalized spacial score (nSPS) is 12.2. The van der Waals surface area contributed by atoms with Crippen molar-refractivity contribution in [2.24, 2.45) is 5.10 Å². The van der Waals surface area contributed by atoms with Crippen LogP contribution in [0, 0.1) is 13.8 Å². The van der Waals surface area contributed by atoms with Gasteiger partial charge in [-0.3, -0.25) is 10.0 Å². The molecule has 1 rings (SSSR count). The third-order valence-electron chi connectivity index (χ3n) is 2.85. The Morgan fingerprint density at radius 2 is 2.05 bits per heavy atom. The van der Waals surface area contributed by atoms with Crippen LogP contribution in [0.3, 0.4) is 0 Å². The maximum Gasteiger partial charge on any atom is 0.245 e. The summed E-state index contributed by atoms with van der Waals surface area (Å²) in [5, 5.41) is 32.6. The molecular formula is C14H21N3O5. The number of rotatable bonds is 8. The third-order valence-corrected chi connectivity index (χ3v) is 2.85. The van der Waals surface area contributed by atoms with Crippen molar-refractivity contribution in [3.05, 3.63) is 28.8 Å². The molecule has 0 heterocycles. The first kappa shape index (κ1) is 17.9. The predicted octanol–water partition coefficient (Wildman–Crippen LogP) is -0.536. The topological polar surface area (TPSA) is 123 Å². The standard InChI is InChI=1S/C14H21N3O5/c1-9-3-11(5-16-17-21)4-10(2)14(9)22-8-12(19)6-15-13(20)7-18/h3-5,12,17-19,21H,6-8H2,1-2H3,(H,15,20)/b16-5-/t12-/m1/s1. The number of aryl methyl sites for hydroxylation is 2. The van der Waals surface area contributed by atoms with Crippen molar-refractivity contribution in [1.82, 2.24) is 10.9 Å². The van der Waals surface area contributed by atoms with E-state index in [2.05, 4.69) is 10.4 Å². The van der Waals surface area contributed by atoms with Crippen LogP contribution in [-0.2, 0) is 4.79 Å². The van der Waals surface area contributed by atoms with Gasteiger partial charge in [0.25, 0.3) is 0 Å². The number of benzene rings is 1. The van der Waals surface area contributed by atoms with Crippen LogP contribution in [0.2, 0.25) is 0 Å². The van der Waals surface area contributed by atoms with E-state index in [0.717, 1.165) is 16.7 Å². The Morgan fingerprint density at radius 1 is 1.41 bits per heavy atom. The average molecular weight is 311 g/mol. The number of aliphatic hydroxyl groups is 2. The molecule has 0 saturated carbocycles. The van der Waals surface area contributed by atoms with Crippen molar-refractivity contribution in [3.63, 3.8) is 0 Å². The largest absolute Gasteiger partial charge is 0.490 e. The molecule has 1 atom stereocenters. The number of aliphatic hydroxyl groups excluding tert-OH is 2. The summed E-state index contributed by atoms with van der Waals surface area (Å²) >= 11 is 0. The monoisotopic (exact) mass is 311 g/mol. The van der Waals surface area contributed by atoms with Crippen molar-refractivity contribution in [1.29, 1.82) is 0 Å². The Labute approximate surface area is 128 Å². The molecule has 22 heavy (non-hydrogen) atoms. The number of amides is 1. The van der Waals surface area contributed by atoms with E-state index in [0.29, 0.717) is 5.75 Å². The van der Waals surface area contributed by atoms with Gasteiger partial charge >= 0.3 is 0 Å². The molecule has 0 aliphatic carbocycles. The molecule has 0 spiro atoms. The van der Waals surface area contributed by atoms with Crippen LogP contribution in [0.25, 0.3) is 0 Å². The number of hydrogen-bond acceptors (Lipinski definition) is 7. The van der Waals surface area contributed by atoms with E-state index in [1.807, 2.05) is 26.0 Å². The second-order valence-corrected chi connectivity index (χ2v) is 4.77. The molecule has 0 fully saturated rings. The van der Waals surface area contributed by atoms with Gasteiger partial charge in [0, 0.05) is 6.54 Å². The lowest BCUT2D eigenvalue weighted by Crippen LogP contribution is -2.36. The van der Waals surface area contributed by atoms with Gasteiger partial charge in [0.1, 0.15) is 25.1 Å². The molecule has 0 unspecified atom stereocenters. The lowest BCUT2D eigenvalue weighted by Gasteiger charge is -2.16. The highest BCUT2D eigenvalue weighted by molar-refractivity contribution is 5.80. The number of nitrogens with zero attached hydrogens (tertiary/aromatic N) is 1. The Kier molecular flexibility index (Phi) is 7.30. The first-order valence-electron chi connectivity index (χ1n) is 6.69. The van der Waals surface area contributed by atoms with Gasteiger partial charge < -0.3 is 20.3 Å². The molecule has 0 aromatic heterocycles. The first-order chi connectivity index (χ1) is 10.5. The van der Waals surface area contributed by atoms with Crippen LogP contribution in [0.15, 0.2) is 17.2 Å². The Balaban J connectivity index is 2.62. The molecule has 0 bridgehead atoms. The zero-order valence-electron chi connectivity index (χ0n) is 12.5. The van der Waals surface area contributed by atoms with Crippen molar-refractivity contribution in [3.8, 4) is 5.75 Å². The lowest BCUT2D eigenvalue weighted by molar-refractivity contribution is -0.124. The van der Waals surface area contributed by atoms with Gasteiger partial charge in [0.2, 0.25) is 5.91 Å². The van der Waals surface area contributed by atoms with E-state index < -0.39 is 18.6 Å². The zero-order chi connectivity index (χ0) is 16.5. The minimum absolute atomic E-state index is 0.00436. The summed E-state index contributed by atoms with van der Waals surface area (Å²) in [6, 6.07) is 3.65. The average Bonchev–Trinajstić information content (AvgIpc) is 2.49. The first-order valence-corrected chi connectivity index (χ1v) is 6.69. The molecule has 1 amide bonds. The third kappa shape index (κ3) is 5.68. The Morgan fingerprint density at radius 3 is 2.59 bits per heavy atom. The SMILES string of the molecule is Cc1cc(/C=N\NO)cc(C)c1OC[C@H](O)CNC(=O)CO. The van der Waals surface area contributed by atoms with Crippen LogP contribution in [0.4, 0.5) is 0 Å². The molecule has 0 saturated heterocycles. The molecule has 0 aliphatic rings. The maximum atomic E-state index is 10.9. The van der Waals surface area contributed by atoms with Gasteiger partial charge in [0.05, 0.1) is 6.21 Å². The molecule has 8 nitrogen and oxygen atoms in total. The Bertz CT molecular complexity index is 510. The second-order valence-electron chi connectivity index (χ2n) is 4.77. The van der Waals surface area contributed by atoms with Crippen molar-refractivity contribution < 1.29 is 25.0 Å². The van der Waals surface area contributed by atoms with Crippen LogP contribution >= 0.6 is 0 Å². The van der Waals surface area contributed by atoms with Crippen LogP contribution < -0.4 is 15.6 Å². The molecule has 0 aliphatic heterocycles. The highest BCUT2D eigenvalue weighted by Crippen LogP contribution is 2.24. The molecule has 1 aromatic carbocycles. The van der Waals surface area contributed by atoms with E-state index >= 15 is 0 Å². The summed E-state index contributed by atoms with van der Waals surface area (Å²) < 4.78 is 5.58. The molecular weight excluding hydrogens is 290 g/mol. The number of carbonyl (C=O) groups is 1. The summed E-state index contributed by atoms with van der Waals surface area (Å²) in [5.41, 5.74) is 4.19. The number of hydrazone groups is 1. The smallest absolute Gasteiger partial charge is 0.245 e. The molecule has 122 valence electrons. The molecule has 0 radical (unpaired) electrons. The molecule has 8 heteroatoms. The number of hydrogen-bond donors (Lipinski definition) is 5. The highest BCUT2D eigenvalue weighted by Gasteiger charge is 2.11. The van der Waals surface area contributed by atoms with E-state index in [4.69, 9.17) is 15.1 Å². The van der Waals surface area contributed by atoms with Gasteiger partial charge in [-0.25, -0.2) is 0 Å². The fourth-order valence-electron chi connectivity index (χ4n) is 1.92. The zero-order valence-corrected chi connectivity index (χ0v) is 12.5. The van der Waals surface area contributed by atoms with Gasteiger partial charge in [-0.1, -0.05) is 0 Å². The van der Waals surface area contributed by atoms with Gasteiger partial charge in [-0.05, 0) is 42.7 Å². The highest BCUT2D eigenvalue weighted by atomic mass is 16.5. The number of ether oxygens (including phenoxy) is 1. The van der Waals surface area contributed by atoms with Gasteiger partial charge in [-0.2, -0.15) is 10.7 Å². The minimum Gasteiger partial charge on any atom is -0.490 e. The summed E-state index contributed by atoms with van der Waals surface area (Å²) in [7, 11) is 0. The fraction of sp³-hybridized carbons (Fsp3) is 0.429. The van der Waals surface area contributed by atoms with E-state index in [1.165, 1.54) is 6.21 Å². The molecule has 1 aromatic rings. The number of nitrogens with one attached hydrogen (secondary N) is 2. The lowest BCUT2D eigenvalue weighted by atomic mass is 10.1. The van der Waals surface area contributed by atoms with Crippen molar-refractivity contribution in [2.45, 2.75) is 20.0 Å². The molecule has 5 N–H and O–H groups in total. The quantitative estimate of drug-likeness (QED) is 0.325. The fourth-order valence-corrected chi connectivity index (χ4v) is 1.92.